The van der Waals surface area contributed by atoms with E-state index in [0.717, 1.165) is 12.1 Å². The van der Waals surface area contributed by atoms with Gasteiger partial charge in [-0.05, 0) is 18.6 Å². The summed E-state index contributed by atoms with van der Waals surface area (Å²) in [6.45, 7) is 1.82. The van der Waals surface area contributed by atoms with E-state index in [0.29, 0.717) is 0 Å². The number of non-ortho nitro benzene ring substituents is 1. The fraction of sp³-hybridized carbons (Fsp3) is 0.364. The summed E-state index contributed by atoms with van der Waals surface area (Å²) in [6, 6.07) is 3.19. The third kappa shape index (κ3) is 3.66. The molecule has 0 amide bonds. The van der Waals surface area contributed by atoms with Crippen LogP contribution in [0.5, 0.6) is 0 Å². The standard InChI is InChI=1S/C11H11ClFNO4/c1-2-18-11(15)9(12)5-7-3-4-8(14(16)17)6-10(7)13/h3-4,6,9H,2,5H2,1H3. The maximum atomic E-state index is 13.5. The minimum Gasteiger partial charge on any atom is -0.465 e. The molecule has 1 unspecified atom stereocenters. The Morgan fingerprint density at radius 2 is 2.28 bits per heavy atom. The van der Waals surface area contributed by atoms with Crippen molar-refractivity contribution in [3.63, 3.8) is 0 Å². The minimum absolute atomic E-state index is 0.0792. The van der Waals surface area contributed by atoms with Crippen molar-refractivity contribution in [3.8, 4) is 0 Å². The number of nitro groups is 1. The summed E-state index contributed by atoms with van der Waals surface area (Å²) in [5.74, 6) is -1.41. The van der Waals surface area contributed by atoms with Gasteiger partial charge < -0.3 is 4.74 Å². The molecule has 0 saturated carbocycles. The van der Waals surface area contributed by atoms with Crippen molar-refractivity contribution in [3.05, 3.63) is 39.7 Å². The number of esters is 1. The molecule has 1 aromatic carbocycles. The number of hydrogen-bond donors (Lipinski definition) is 0. The maximum Gasteiger partial charge on any atom is 0.324 e. The lowest BCUT2D eigenvalue weighted by Crippen LogP contribution is -2.20. The van der Waals surface area contributed by atoms with Crippen molar-refractivity contribution in [2.45, 2.75) is 18.7 Å². The SMILES string of the molecule is CCOC(=O)C(Cl)Cc1ccc([N+](=O)[O-])cc1F. The zero-order chi connectivity index (χ0) is 13.7. The van der Waals surface area contributed by atoms with Crippen LogP contribution in [0.25, 0.3) is 0 Å². The number of ether oxygens (including phenoxy) is 1. The first kappa shape index (κ1) is 14.4. The number of carbonyl (C=O) groups is 1. The molecule has 0 aliphatic heterocycles. The third-order valence-electron chi connectivity index (χ3n) is 2.19. The number of benzene rings is 1. The lowest BCUT2D eigenvalue weighted by Gasteiger charge is -2.09. The molecule has 98 valence electrons. The largest absolute Gasteiger partial charge is 0.465 e. The van der Waals surface area contributed by atoms with Crippen LogP contribution in [0.1, 0.15) is 12.5 Å². The van der Waals surface area contributed by atoms with Gasteiger partial charge in [0.2, 0.25) is 0 Å². The van der Waals surface area contributed by atoms with Crippen LogP contribution in [0.2, 0.25) is 0 Å². The molecule has 7 heteroatoms. The summed E-state index contributed by atoms with van der Waals surface area (Å²) in [4.78, 5) is 21.0. The van der Waals surface area contributed by atoms with Crippen molar-refractivity contribution in [1.29, 1.82) is 0 Å². The molecule has 0 radical (unpaired) electrons. The van der Waals surface area contributed by atoms with Crippen LogP contribution in [0, 0.1) is 15.9 Å². The van der Waals surface area contributed by atoms with Gasteiger partial charge in [-0.25, -0.2) is 4.39 Å². The average molecular weight is 276 g/mol. The van der Waals surface area contributed by atoms with E-state index in [1.165, 1.54) is 6.07 Å². The van der Waals surface area contributed by atoms with Gasteiger partial charge in [-0.2, -0.15) is 0 Å². The van der Waals surface area contributed by atoms with Crippen LogP contribution in [0.3, 0.4) is 0 Å². The van der Waals surface area contributed by atoms with Crippen molar-refractivity contribution >= 4 is 23.3 Å². The second kappa shape index (κ2) is 6.30. The van der Waals surface area contributed by atoms with E-state index < -0.39 is 22.1 Å². The number of nitrogens with zero attached hydrogens (tertiary/aromatic N) is 1. The predicted molar refractivity (Wildman–Crippen MR) is 63.0 cm³/mol. The number of rotatable bonds is 5. The van der Waals surface area contributed by atoms with E-state index in [9.17, 15) is 19.3 Å². The molecular formula is C11H11ClFNO4. The molecule has 1 atom stereocenters. The van der Waals surface area contributed by atoms with Gasteiger partial charge in [-0.15, -0.1) is 11.6 Å². The predicted octanol–water partition coefficient (Wildman–Crippen LogP) is 2.45. The summed E-state index contributed by atoms with van der Waals surface area (Å²) in [5, 5.41) is 9.41. The zero-order valence-corrected chi connectivity index (χ0v) is 10.3. The maximum absolute atomic E-state index is 13.5. The van der Waals surface area contributed by atoms with E-state index >= 15 is 0 Å². The van der Waals surface area contributed by atoms with Gasteiger partial charge in [-0.1, -0.05) is 0 Å². The second-order valence-corrected chi connectivity index (χ2v) is 3.98. The molecule has 1 aromatic rings. The van der Waals surface area contributed by atoms with Crippen LogP contribution >= 0.6 is 11.6 Å². The number of hydrogen-bond acceptors (Lipinski definition) is 4. The van der Waals surface area contributed by atoms with Gasteiger partial charge in [-0.3, -0.25) is 14.9 Å². The highest BCUT2D eigenvalue weighted by Crippen LogP contribution is 2.19. The molecule has 0 bridgehead atoms. The normalized spacial score (nSPS) is 11.9. The monoisotopic (exact) mass is 275 g/mol. The third-order valence-corrected chi connectivity index (χ3v) is 2.52. The number of carbonyl (C=O) groups excluding carboxylic acids is 1. The lowest BCUT2D eigenvalue weighted by atomic mass is 10.1. The van der Waals surface area contributed by atoms with Crippen LogP contribution in [-0.2, 0) is 16.0 Å². The van der Waals surface area contributed by atoms with E-state index in [4.69, 9.17) is 11.6 Å². The smallest absolute Gasteiger partial charge is 0.324 e. The van der Waals surface area contributed by atoms with Gasteiger partial charge in [0.05, 0.1) is 17.6 Å². The Hall–Kier alpha value is -1.69. The summed E-state index contributed by atoms with van der Waals surface area (Å²) in [6.07, 6.45) is -0.0792. The molecule has 0 spiro atoms. The Balaban J connectivity index is 2.79. The highest BCUT2D eigenvalue weighted by Gasteiger charge is 2.20. The highest BCUT2D eigenvalue weighted by atomic mass is 35.5. The Kier molecular flexibility index (Phi) is 5.03. The Morgan fingerprint density at radius 1 is 1.61 bits per heavy atom. The summed E-state index contributed by atoms with van der Waals surface area (Å²) >= 11 is 5.74. The molecule has 0 aliphatic rings. The molecule has 0 aromatic heterocycles. The molecule has 0 fully saturated rings. The van der Waals surface area contributed by atoms with E-state index in [-0.39, 0.29) is 24.3 Å². The molecule has 0 heterocycles. The molecule has 18 heavy (non-hydrogen) atoms. The van der Waals surface area contributed by atoms with Gasteiger partial charge in [0.1, 0.15) is 11.2 Å². The van der Waals surface area contributed by atoms with Crippen molar-refractivity contribution in [2.75, 3.05) is 6.61 Å². The lowest BCUT2D eigenvalue weighted by molar-refractivity contribution is -0.385. The van der Waals surface area contributed by atoms with Crippen LogP contribution in [0.4, 0.5) is 10.1 Å². The first-order valence-corrected chi connectivity index (χ1v) is 5.62. The van der Waals surface area contributed by atoms with Crippen LogP contribution in [-0.4, -0.2) is 22.9 Å². The topological polar surface area (TPSA) is 69.4 Å². The van der Waals surface area contributed by atoms with Gasteiger partial charge in [0, 0.05) is 12.5 Å². The van der Waals surface area contributed by atoms with Crippen LogP contribution in [0.15, 0.2) is 18.2 Å². The first-order valence-electron chi connectivity index (χ1n) is 5.19. The molecule has 0 aliphatic carbocycles. The average Bonchev–Trinajstić information content (AvgIpc) is 2.31. The molecule has 0 N–H and O–H groups in total. The zero-order valence-electron chi connectivity index (χ0n) is 9.56. The first-order chi connectivity index (χ1) is 8.45. The minimum atomic E-state index is -1.01. The Morgan fingerprint density at radius 3 is 2.78 bits per heavy atom. The van der Waals surface area contributed by atoms with E-state index in [1.54, 1.807) is 6.92 Å². The molecular weight excluding hydrogens is 265 g/mol. The quantitative estimate of drug-likeness (QED) is 0.358. The van der Waals surface area contributed by atoms with Crippen LogP contribution < -0.4 is 0 Å². The van der Waals surface area contributed by atoms with Gasteiger partial charge in [0.15, 0.2) is 0 Å². The fourth-order valence-electron chi connectivity index (χ4n) is 1.32. The second-order valence-electron chi connectivity index (χ2n) is 3.46. The summed E-state index contributed by atoms with van der Waals surface area (Å²) in [7, 11) is 0. The van der Waals surface area contributed by atoms with E-state index in [1.807, 2.05) is 0 Å². The van der Waals surface area contributed by atoms with E-state index in [2.05, 4.69) is 4.74 Å². The Labute approximate surface area is 108 Å². The van der Waals surface area contributed by atoms with Gasteiger partial charge in [0.25, 0.3) is 5.69 Å². The van der Waals surface area contributed by atoms with Crippen molar-refractivity contribution < 1.29 is 18.8 Å². The fourth-order valence-corrected chi connectivity index (χ4v) is 1.55. The summed E-state index contributed by atoms with van der Waals surface area (Å²) < 4.78 is 18.2. The highest BCUT2D eigenvalue weighted by molar-refractivity contribution is 6.30. The summed E-state index contributed by atoms with van der Waals surface area (Å²) in [5.41, 5.74) is -0.216. The Bertz CT molecular complexity index is 466. The molecule has 0 saturated heterocycles. The number of nitro benzene ring substituents is 1. The number of alkyl halides is 1. The van der Waals surface area contributed by atoms with Crippen molar-refractivity contribution in [2.24, 2.45) is 0 Å². The molecule has 1 rings (SSSR count). The van der Waals surface area contributed by atoms with Gasteiger partial charge >= 0.3 is 5.97 Å². The van der Waals surface area contributed by atoms with Crippen molar-refractivity contribution in [1.82, 2.24) is 0 Å². The molecule has 5 nitrogen and oxygen atoms in total. The number of halogens is 2.